The molecule has 0 aliphatic heterocycles. The first-order valence-corrected chi connectivity index (χ1v) is 5.92. The SMILES string of the molecule is CCOc1c([C@H](N)C(F)(F)F)ccc2ccccc12. The summed E-state index contributed by atoms with van der Waals surface area (Å²) in [4.78, 5) is 0. The van der Waals surface area contributed by atoms with Crippen molar-refractivity contribution in [1.82, 2.24) is 0 Å². The van der Waals surface area contributed by atoms with E-state index in [4.69, 9.17) is 10.5 Å². The molecule has 2 nitrogen and oxygen atoms in total. The molecule has 0 aliphatic carbocycles. The van der Waals surface area contributed by atoms with E-state index in [2.05, 4.69) is 0 Å². The van der Waals surface area contributed by atoms with Crippen LogP contribution in [0.1, 0.15) is 18.5 Å². The van der Waals surface area contributed by atoms with Crippen LogP contribution in [-0.2, 0) is 0 Å². The van der Waals surface area contributed by atoms with Gasteiger partial charge in [0, 0.05) is 10.9 Å². The lowest BCUT2D eigenvalue weighted by Crippen LogP contribution is -2.29. The molecule has 0 amide bonds. The number of halogens is 3. The molecule has 0 saturated carbocycles. The minimum atomic E-state index is -4.49. The van der Waals surface area contributed by atoms with Crippen LogP contribution in [0.25, 0.3) is 10.8 Å². The third-order valence-corrected chi connectivity index (χ3v) is 2.89. The van der Waals surface area contributed by atoms with Gasteiger partial charge in [0.05, 0.1) is 6.61 Å². The molecule has 0 heterocycles. The van der Waals surface area contributed by atoms with E-state index < -0.39 is 12.2 Å². The molecule has 2 aromatic rings. The van der Waals surface area contributed by atoms with Gasteiger partial charge in [-0.2, -0.15) is 13.2 Å². The van der Waals surface area contributed by atoms with E-state index in [9.17, 15) is 13.2 Å². The van der Waals surface area contributed by atoms with E-state index in [0.29, 0.717) is 5.39 Å². The smallest absolute Gasteiger partial charge is 0.407 e. The van der Waals surface area contributed by atoms with E-state index in [0.717, 1.165) is 5.39 Å². The van der Waals surface area contributed by atoms with Crippen molar-refractivity contribution in [2.24, 2.45) is 5.73 Å². The lowest BCUT2D eigenvalue weighted by molar-refractivity contribution is -0.149. The van der Waals surface area contributed by atoms with Crippen molar-refractivity contribution in [3.63, 3.8) is 0 Å². The zero-order valence-corrected chi connectivity index (χ0v) is 10.4. The standard InChI is InChI=1S/C14H14F3NO/c1-2-19-12-10-6-4-3-5-9(10)7-8-11(12)13(18)14(15,16)17/h3-8,13H,2,18H2,1H3/t13-/m0/s1. The molecule has 0 radical (unpaired) electrons. The Kier molecular flexibility index (Phi) is 3.66. The van der Waals surface area contributed by atoms with Gasteiger partial charge in [-0.3, -0.25) is 0 Å². The summed E-state index contributed by atoms with van der Waals surface area (Å²) in [5, 5.41) is 1.46. The van der Waals surface area contributed by atoms with Gasteiger partial charge in [0.1, 0.15) is 11.8 Å². The van der Waals surface area contributed by atoms with E-state index in [-0.39, 0.29) is 17.9 Å². The van der Waals surface area contributed by atoms with Crippen LogP contribution >= 0.6 is 0 Å². The molecule has 0 fully saturated rings. The maximum atomic E-state index is 12.8. The van der Waals surface area contributed by atoms with Gasteiger partial charge < -0.3 is 10.5 Å². The second-order valence-corrected chi connectivity index (χ2v) is 4.16. The van der Waals surface area contributed by atoms with E-state index in [1.807, 2.05) is 12.1 Å². The summed E-state index contributed by atoms with van der Waals surface area (Å²) in [7, 11) is 0. The molecule has 0 bridgehead atoms. The molecule has 0 aliphatic rings. The van der Waals surface area contributed by atoms with Crippen LogP contribution in [0.3, 0.4) is 0 Å². The Bertz CT molecular complexity index is 580. The molecule has 2 N–H and O–H groups in total. The van der Waals surface area contributed by atoms with Crippen molar-refractivity contribution in [3.8, 4) is 5.75 Å². The maximum Gasteiger partial charge on any atom is 0.407 e. The van der Waals surface area contributed by atoms with Crippen molar-refractivity contribution in [3.05, 3.63) is 42.0 Å². The molecule has 102 valence electrons. The molecule has 2 aromatic carbocycles. The minimum Gasteiger partial charge on any atom is -0.493 e. The van der Waals surface area contributed by atoms with Crippen molar-refractivity contribution in [2.45, 2.75) is 19.1 Å². The molecule has 19 heavy (non-hydrogen) atoms. The van der Waals surface area contributed by atoms with Gasteiger partial charge in [-0.25, -0.2) is 0 Å². The fourth-order valence-corrected chi connectivity index (χ4v) is 1.99. The van der Waals surface area contributed by atoms with Crippen LogP contribution in [0.4, 0.5) is 13.2 Å². The van der Waals surface area contributed by atoms with Gasteiger partial charge in [0.2, 0.25) is 0 Å². The topological polar surface area (TPSA) is 35.2 Å². The second-order valence-electron chi connectivity index (χ2n) is 4.16. The van der Waals surface area contributed by atoms with Gasteiger partial charge >= 0.3 is 6.18 Å². The zero-order chi connectivity index (χ0) is 14.0. The summed E-state index contributed by atoms with van der Waals surface area (Å²) in [6, 6.07) is 8.09. The van der Waals surface area contributed by atoms with Gasteiger partial charge in [-0.1, -0.05) is 36.4 Å². The molecule has 5 heteroatoms. The largest absolute Gasteiger partial charge is 0.493 e. The highest BCUT2D eigenvalue weighted by molar-refractivity contribution is 5.89. The number of fused-ring (bicyclic) bond motifs is 1. The summed E-state index contributed by atoms with van der Waals surface area (Å²) < 4.78 is 43.7. The molecule has 0 aromatic heterocycles. The Balaban J connectivity index is 2.64. The Labute approximate surface area is 109 Å². The molecule has 1 atom stereocenters. The molecule has 0 saturated heterocycles. The highest BCUT2D eigenvalue weighted by Gasteiger charge is 2.39. The number of benzene rings is 2. The second kappa shape index (κ2) is 5.09. The Morgan fingerprint density at radius 1 is 1.16 bits per heavy atom. The van der Waals surface area contributed by atoms with Crippen LogP contribution < -0.4 is 10.5 Å². The van der Waals surface area contributed by atoms with Crippen LogP contribution in [0.2, 0.25) is 0 Å². The van der Waals surface area contributed by atoms with Gasteiger partial charge in [0.25, 0.3) is 0 Å². The fourth-order valence-electron chi connectivity index (χ4n) is 1.99. The van der Waals surface area contributed by atoms with Crippen LogP contribution in [0.15, 0.2) is 36.4 Å². The summed E-state index contributed by atoms with van der Waals surface area (Å²) in [6.45, 7) is 2.01. The Hall–Kier alpha value is -1.75. The van der Waals surface area contributed by atoms with Gasteiger partial charge in [-0.15, -0.1) is 0 Å². The van der Waals surface area contributed by atoms with E-state index in [1.165, 1.54) is 6.07 Å². The molecular formula is C14H14F3NO. The highest BCUT2D eigenvalue weighted by Crippen LogP contribution is 2.39. The number of rotatable bonds is 3. The summed E-state index contributed by atoms with van der Waals surface area (Å²) >= 11 is 0. The number of ether oxygens (including phenoxy) is 1. The maximum absolute atomic E-state index is 12.8. The van der Waals surface area contributed by atoms with Gasteiger partial charge in [-0.05, 0) is 12.3 Å². The number of nitrogens with two attached hydrogens (primary N) is 1. The first-order chi connectivity index (χ1) is 8.95. The van der Waals surface area contributed by atoms with Crippen LogP contribution in [0.5, 0.6) is 5.75 Å². The van der Waals surface area contributed by atoms with E-state index >= 15 is 0 Å². The average molecular weight is 269 g/mol. The number of hydrogen-bond donors (Lipinski definition) is 1. The quantitative estimate of drug-likeness (QED) is 0.919. The Morgan fingerprint density at radius 2 is 1.84 bits per heavy atom. The molecule has 2 rings (SSSR count). The predicted octanol–water partition coefficient (Wildman–Crippen LogP) is 3.80. The molecular weight excluding hydrogens is 255 g/mol. The highest BCUT2D eigenvalue weighted by atomic mass is 19.4. The Morgan fingerprint density at radius 3 is 2.47 bits per heavy atom. The van der Waals surface area contributed by atoms with Crippen molar-refractivity contribution in [1.29, 1.82) is 0 Å². The van der Waals surface area contributed by atoms with Crippen molar-refractivity contribution in [2.75, 3.05) is 6.61 Å². The average Bonchev–Trinajstić information content (AvgIpc) is 2.37. The van der Waals surface area contributed by atoms with Crippen LogP contribution in [0, 0.1) is 0 Å². The molecule has 0 unspecified atom stereocenters. The number of alkyl halides is 3. The van der Waals surface area contributed by atoms with Crippen LogP contribution in [-0.4, -0.2) is 12.8 Å². The fraction of sp³-hybridized carbons (Fsp3) is 0.286. The minimum absolute atomic E-state index is 0.0342. The third-order valence-electron chi connectivity index (χ3n) is 2.89. The molecule has 0 spiro atoms. The van der Waals surface area contributed by atoms with E-state index in [1.54, 1.807) is 25.1 Å². The van der Waals surface area contributed by atoms with Gasteiger partial charge in [0.15, 0.2) is 0 Å². The van der Waals surface area contributed by atoms with Crippen molar-refractivity contribution >= 4 is 10.8 Å². The van der Waals surface area contributed by atoms with Crippen molar-refractivity contribution < 1.29 is 17.9 Å². The first kappa shape index (κ1) is 13.7. The third kappa shape index (κ3) is 2.66. The summed E-state index contributed by atoms with van der Waals surface area (Å²) in [6.07, 6.45) is -4.49. The summed E-state index contributed by atoms with van der Waals surface area (Å²) in [5.41, 5.74) is 5.25. The lowest BCUT2D eigenvalue weighted by Gasteiger charge is -2.20. The lowest BCUT2D eigenvalue weighted by atomic mass is 10.00. The monoisotopic (exact) mass is 269 g/mol. The number of hydrogen-bond acceptors (Lipinski definition) is 2. The summed E-state index contributed by atoms with van der Waals surface area (Å²) in [5.74, 6) is 0.213. The predicted molar refractivity (Wildman–Crippen MR) is 68.1 cm³/mol. The normalized spacial score (nSPS) is 13.5. The zero-order valence-electron chi connectivity index (χ0n) is 10.4. The first-order valence-electron chi connectivity index (χ1n) is 5.92.